The molecule has 0 saturated heterocycles. The van der Waals surface area contributed by atoms with Gasteiger partial charge in [-0.25, -0.2) is 9.97 Å². The lowest BCUT2D eigenvalue weighted by Crippen LogP contribution is -2.19. The van der Waals surface area contributed by atoms with Gasteiger partial charge in [0.05, 0.1) is 11.5 Å². The third-order valence-corrected chi connectivity index (χ3v) is 3.34. The van der Waals surface area contributed by atoms with E-state index in [-0.39, 0.29) is 12.3 Å². The third kappa shape index (κ3) is 3.51. The Kier molecular flexibility index (Phi) is 4.15. The lowest BCUT2D eigenvalue weighted by atomic mass is 10.3. The van der Waals surface area contributed by atoms with Crippen molar-refractivity contribution in [1.29, 1.82) is 0 Å². The molecule has 0 aliphatic rings. The number of benzene rings is 1. The second-order valence-corrected chi connectivity index (χ2v) is 5.19. The number of rotatable bonds is 6. The van der Waals surface area contributed by atoms with Gasteiger partial charge in [-0.05, 0) is 25.3 Å². The van der Waals surface area contributed by atoms with Crippen molar-refractivity contribution in [3.63, 3.8) is 0 Å². The predicted molar refractivity (Wildman–Crippen MR) is 85.5 cm³/mol. The number of hydrogen-bond acceptors (Lipinski definition) is 6. The van der Waals surface area contributed by atoms with E-state index in [4.69, 9.17) is 10.5 Å². The number of non-ortho nitro benzene ring substituents is 1. The highest BCUT2D eigenvalue weighted by Crippen LogP contribution is 2.18. The molecule has 9 heteroatoms. The van der Waals surface area contributed by atoms with E-state index < -0.39 is 4.92 Å². The summed E-state index contributed by atoms with van der Waals surface area (Å²) in [7, 11) is 0. The Balaban J connectivity index is 1.53. The number of nitrogens with zero attached hydrogens (tertiary/aromatic N) is 5. The Bertz CT molecular complexity index is 840. The predicted octanol–water partition coefficient (Wildman–Crippen LogP) is 1.66. The summed E-state index contributed by atoms with van der Waals surface area (Å²) in [5, 5.41) is 14.9. The van der Waals surface area contributed by atoms with E-state index in [1.54, 1.807) is 29.9 Å². The van der Waals surface area contributed by atoms with Gasteiger partial charge in [-0.15, -0.1) is 0 Å². The van der Waals surface area contributed by atoms with Crippen molar-refractivity contribution >= 4 is 11.5 Å². The number of anilines is 1. The molecule has 0 radical (unpaired) electrons. The number of nitrogens with two attached hydrogens (primary N) is 1. The van der Waals surface area contributed by atoms with Crippen LogP contribution in [0.25, 0.3) is 0 Å². The van der Waals surface area contributed by atoms with Crippen LogP contribution in [0.1, 0.15) is 17.1 Å². The number of hydrogen-bond donors (Lipinski definition) is 1. The van der Waals surface area contributed by atoms with Crippen molar-refractivity contribution in [3.05, 3.63) is 63.9 Å². The van der Waals surface area contributed by atoms with E-state index in [1.165, 1.54) is 12.1 Å². The van der Waals surface area contributed by atoms with Gasteiger partial charge in [0.25, 0.3) is 5.69 Å². The number of aromatic nitrogens is 4. The van der Waals surface area contributed by atoms with Crippen LogP contribution in [-0.2, 0) is 13.2 Å². The van der Waals surface area contributed by atoms with E-state index >= 15 is 0 Å². The zero-order chi connectivity index (χ0) is 17.1. The number of aryl methyl sites for hydroxylation is 1. The van der Waals surface area contributed by atoms with Gasteiger partial charge in [-0.2, -0.15) is 0 Å². The number of ether oxygens (including phenoxy) is 1. The van der Waals surface area contributed by atoms with Gasteiger partial charge in [-0.1, -0.05) is 5.69 Å². The quantitative estimate of drug-likeness (QED) is 0.539. The molecule has 0 spiro atoms. The molecule has 1 aromatic carbocycles. The summed E-state index contributed by atoms with van der Waals surface area (Å²) in [5.41, 5.74) is 7.43. The molecular formula is C15H15N6O3-. The van der Waals surface area contributed by atoms with Crippen molar-refractivity contribution in [2.45, 2.75) is 20.1 Å². The van der Waals surface area contributed by atoms with Gasteiger partial charge in [0.1, 0.15) is 17.4 Å². The Morgan fingerprint density at radius 1 is 1.38 bits per heavy atom. The molecule has 2 N–H and O–H groups in total. The van der Waals surface area contributed by atoms with Crippen LogP contribution in [0.5, 0.6) is 5.75 Å². The minimum Gasteiger partial charge on any atom is -0.595 e. The fraction of sp³-hybridized carbons (Fsp3) is 0.200. The summed E-state index contributed by atoms with van der Waals surface area (Å²) < 4.78 is 7.24. The molecule has 124 valence electrons. The number of nitro benzene ring substituents is 1. The first-order chi connectivity index (χ1) is 11.5. The maximum atomic E-state index is 10.6. The normalized spacial score (nSPS) is 10.7. The van der Waals surface area contributed by atoms with E-state index in [2.05, 4.69) is 15.1 Å². The first-order valence-electron chi connectivity index (χ1n) is 7.15. The average Bonchev–Trinajstić information content (AvgIpc) is 2.51. The minimum absolute atomic E-state index is 0.0268. The van der Waals surface area contributed by atoms with Gasteiger partial charge in [0, 0.05) is 30.4 Å². The summed E-state index contributed by atoms with van der Waals surface area (Å²) in [6, 6.07) is 5.90. The number of nitro groups is 1. The molecule has 0 aliphatic heterocycles. The van der Waals surface area contributed by atoms with Crippen molar-refractivity contribution in [2.75, 3.05) is 5.73 Å². The van der Waals surface area contributed by atoms with E-state index in [1.807, 2.05) is 6.20 Å². The molecule has 0 fully saturated rings. The summed E-state index contributed by atoms with van der Waals surface area (Å²) in [6.07, 6.45) is 3.52. The lowest BCUT2D eigenvalue weighted by Gasteiger charge is -2.29. The van der Waals surface area contributed by atoms with E-state index in [0.29, 0.717) is 23.9 Å². The molecule has 3 aromatic rings. The molecule has 0 bridgehead atoms. The molecule has 2 aromatic heterocycles. The second kappa shape index (κ2) is 6.41. The zero-order valence-electron chi connectivity index (χ0n) is 12.9. The second-order valence-electron chi connectivity index (χ2n) is 5.19. The van der Waals surface area contributed by atoms with Crippen LogP contribution in [0.15, 0.2) is 36.7 Å². The van der Waals surface area contributed by atoms with Crippen molar-refractivity contribution in [3.8, 4) is 5.75 Å². The summed E-state index contributed by atoms with van der Waals surface area (Å²) in [4.78, 5) is 18.3. The highest BCUT2D eigenvalue weighted by molar-refractivity contribution is 5.37. The first kappa shape index (κ1) is 15.5. The molecule has 0 amide bonds. The minimum atomic E-state index is -0.452. The summed E-state index contributed by atoms with van der Waals surface area (Å²) in [5.74, 6) is 1.62. The van der Waals surface area contributed by atoms with Gasteiger partial charge in [0.2, 0.25) is 0 Å². The van der Waals surface area contributed by atoms with Crippen LogP contribution in [0, 0.1) is 17.0 Å². The summed E-state index contributed by atoms with van der Waals surface area (Å²) in [6.45, 7) is 2.56. The van der Waals surface area contributed by atoms with Gasteiger partial charge >= 0.3 is 0 Å². The molecule has 0 atom stereocenters. The molecule has 9 nitrogen and oxygen atoms in total. The van der Waals surface area contributed by atoms with Crippen molar-refractivity contribution < 1.29 is 9.66 Å². The Labute approximate surface area is 137 Å². The third-order valence-electron chi connectivity index (χ3n) is 3.34. The fourth-order valence-electron chi connectivity index (χ4n) is 2.11. The van der Waals surface area contributed by atoms with Crippen LogP contribution in [0.4, 0.5) is 11.5 Å². The number of nitrogen functional groups attached to an aromatic ring is 1. The highest BCUT2D eigenvalue weighted by Gasteiger charge is 2.05. The Morgan fingerprint density at radius 3 is 2.71 bits per heavy atom. The topological polar surface area (TPSA) is 123 Å². The molecule has 0 aliphatic carbocycles. The maximum absolute atomic E-state index is 10.6. The van der Waals surface area contributed by atoms with E-state index in [0.717, 1.165) is 11.3 Å². The smallest absolute Gasteiger partial charge is 0.269 e. The standard InChI is InChI=1S/C15H15N6O3/c1-10-17-6-11(15(16)18-10)7-20-8-12(19-20)9-24-14-4-2-13(3-5-14)21(22)23/h2-6,8H,7,9H2,1H3,(H2,16,17,18)/q-1. The largest absolute Gasteiger partial charge is 0.595 e. The molecule has 24 heavy (non-hydrogen) atoms. The van der Waals surface area contributed by atoms with Crippen LogP contribution in [-0.4, -0.2) is 19.6 Å². The average molecular weight is 327 g/mol. The van der Waals surface area contributed by atoms with Gasteiger partial charge in [-0.3, -0.25) is 10.1 Å². The fourth-order valence-corrected chi connectivity index (χ4v) is 2.11. The van der Waals surface area contributed by atoms with Gasteiger partial charge in [0.15, 0.2) is 0 Å². The lowest BCUT2D eigenvalue weighted by molar-refractivity contribution is -0.384. The highest BCUT2D eigenvalue weighted by atomic mass is 16.6. The van der Waals surface area contributed by atoms with Gasteiger partial charge < -0.3 is 20.3 Å². The monoisotopic (exact) mass is 327 g/mol. The van der Waals surface area contributed by atoms with Crippen LogP contribution in [0.2, 0.25) is 0 Å². The van der Waals surface area contributed by atoms with Crippen LogP contribution >= 0.6 is 0 Å². The summed E-state index contributed by atoms with van der Waals surface area (Å²) >= 11 is 0. The zero-order valence-corrected chi connectivity index (χ0v) is 12.9. The van der Waals surface area contributed by atoms with E-state index in [9.17, 15) is 10.1 Å². The Morgan fingerprint density at radius 2 is 2.08 bits per heavy atom. The van der Waals surface area contributed by atoms with Crippen molar-refractivity contribution in [1.82, 2.24) is 19.7 Å². The SMILES string of the molecule is Cc1ncc(Cn2cc(COc3ccc([N+](=O)[O-])cc3)[n-]2)c(N)n1. The van der Waals surface area contributed by atoms with Crippen LogP contribution < -0.4 is 15.6 Å². The molecule has 3 rings (SSSR count). The molecule has 0 saturated carbocycles. The first-order valence-corrected chi connectivity index (χ1v) is 7.15. The maximum Gasteiger partial charge on any atom is 0.269 e. The Hall–Kier alpha value is -3.36. The van der Waals surface area contributed by atoms with Crippen molar-refractivity contribution in [2.24, 2.45) is 0 Å². The molecule has 2 heterocycles. The van der Waals surface area contributed by atoms with Crippen LogP contribution in [0.3, 0.4) is 0 Å². The molecule has 0 unspecified atom stereocenters. The molecular weight excluding hydrogens is 312 g/mol.